The molecule has 0 unspecified atom stereocenters. The van der Waals surface area contributed by atoms with E-state index < -0.39 is 0 Å². The second-order valence-electron chi connectivity index (χ2n) is 6.10. The van der Waals surface area contributed by atoms with Crippen LogP contribution in [0.5, 0.6) is 0 Å². The van der Waals surface area contributed by atoms with Crippen LogP contribution in [0.3, 0.4) is 0 Å². The molecule has 0 fully saturated rings. The van der Waals surface area contributed by atoms with Gasteiger partial charge in [-0.3, -0.25) is 9.48 Å². The van der Waals surface area contributed by atoms with Crippen LogP contribution in [0.25, 0.3) is 11.6 Å². The normalized spacial score (nSPS) is 11.0. The molecule has 1 amide bonds. The zero-order chi connectivity index (χ0) is 18.5. The van der Waals surface area contributed by atoms with Crippen LogP contribution in [0.2, 0.25) is 0 Å². The Hall–Kier alpha value is -2.90. The number of carbonyl (C=O) groups is 1. The van der Waals surface area contributed by atoms with Crippen molar-refractivity contribution in [2.24, 2.45) is 0 Å². The highest BCUT2D eigenvalue weighted by Gasteiger charge is 2.15. The first-order chi connectivity index (χ1) is 12.5. The number of aromatic nitrogens is 4. The molecule has 0 aliphatic rings. The molecular weight excluding hydrogens is 334 g/mol. The third-order valence-electron chi connectivity index (χ3n) is 3.94. The maximum absolute atomic E-state index is 11.9. The first-order valence-corrected chi connectivity index (χ1v) is 8.74. The molecule has 3 rings (SSSR count). The SMILES string of the molecule is CCn1nc(C)cc1-c1nnc(CCC(=O)NCCc2ccc(C)o2)o1. The number of carbonyl (C=O) groups excluding carboxylic acids is 1. The van der Waals surface area contributed by atoms with Gasteiger partial charge in [0, 0.05) is 32.4 Å². The smallest absolute Gasteiger partial charge is 0.265 e. The van der Waals surface area contributed by atoms with Gasteiger partial charge in [-0.15, -0.1) is 10.2 Å². The Balaban J connectivity index is 1.47. The van der Waals surface area contributed by atoms with E-state index in [4.69, 9.17) is 8.83 Å². The lowest BCUT2D eigenvalue weighted by Crippen LogP contribution is -2.25. The van der Waals surface area contributed by atoms with Crippen LogP contribution < -0.4 is 5.32 Å². The van der Waals surface area contributed by atoms with Crippen LogP contribution in [-0.2, 0) is 24.2 Å². The van der Waals surface area contributed by atoms with E-state index in [1.807, 2.05) is 43.7 Å². The van der Waals surface area contributed by atoms with Crippen molar-refractivity contribution in [1.29, 1.82) is 0 Å². The summed E-state index contributed by atoms with van der Waals surface area (Å²) in [5.41, 5.74) is 1.69. The number of hydrogen-bond donors (Lipinski definition) is 1. The summed E-state index contributed by atoms with van der Waals surface area (Å²) < 4.78 is 13.0. The Morgan fingerprint density at radius 2 is 2.04 bits per heavy atom. The van der Waals surface area contributed by atoms with Gasteiger partial charge in [0.1, 0.15) is 17.2 Å². The molecule has 0 bridgehead atoms. The Labute approximate surface area is 151 Å². The summed E-state index contributed by atoms with van der Waals surface area (Å²) in [7, 11) is 0. The van der Waals surface area contributed by atoms with E-state index in [1.165, 1.54) is 0 Å². The molecule has 8 nitrogen and oxygen atoms in total. The fraction of sp³-hybridized carbons (Fsp3) is 0.444. The maximum Gasteiger partial charge on any atom is 0.265 e. The lowest BCUT2D eigenvalue weighted by atomic mass is 10.3. The second kappa shape index (κ2) is 7.99. The average Bonchev–Trinajstić information content (AvgIpc) is 3.32. The number of rotatable bonds is 8. The fourth-order valence-electron chi connectivity index (χ4n) is 2.67. The summed E-state index contributed by atoms with van der Waals surface area (Å²) in [4.78, 5) is 11.9. The molecule has 0 aliphatic carbocycles. The lowest BCUT2D eigenvalue weighted by Gasteiger charge is -2.02. The number of hydrogen-bond acceptors (Lipinski definition) is 6. The molecule has 0 saturated heterocycles. The van der Waals surface area contributed by atoms with Crippen LogP contribution in [0.1, 0.15) is 36.4 Å². The van der Waals surface area contributed by atoms with Gasteiger partial charge in [-0.25, -0.2) is 0 Å². The minimum absolute atomic E-state index is 0.0533. The number of aryl methyl sites for hydroxylation is 4. The monoisotopic (exact) mass is 357 g/mol. The highest BCUT2D eigenvalue weighted by atomic mass is 16.4. The van der Waals surface area contributed by atoms with Crippen molar-refractivity contribution in [2.75, 3.05) is 6.54 Å². The fourth-order valence-corrected chi connectivity index (χ4v) is 2.67. The largest absolute Gasteiger partial charge is 0.466 e. The second-order valence-corrected chi connectivity index (χ2v) is 6.10. The molecule has 0 aromatic carbocycles. The highest BCUT2D eigenvalue weighted by molar-refractivity contribution is 5.76. The molecule has 0 atom stereocenters. The Morgan fingerprint density at radius 3 is 2.77 bits per heavy atom. The minimum atomic E-state index is -0.0533. The molecule has 1 N–H and O–H groups in total. The van der Waals surface area contributed by atoms with Gasteiger partial charge in [0.2, 0.25) is 11.8 Å². The number of nitrogens with one attached hydrogen (secondary N) is 1. The van der Waals surface area contributed by atoms with Crippen molar-refractivity contribution < 1.29 is 13.6 Å². The number of nitrogens with zero attached hydrogens (tertiary/aromatic N) is 4. The van der Waals surface area contributed by atoms with E-state index in [9.17, 15) is 4.79 Å². The summed E-state index contributed by atoms with van der Waals surface area (Å²) >= 11 is 0. The van der Waals surface area contributed by atoms with Crippen molar-refractivity contribution in [3.63, 3.8) is 0 Å². The van der Waals surface area contributed by atoms with Gasteiger partial charge in [0.25, 0.3) is 5.89 Å². The predicted octanol–water partition coefficient (Wildman–Crippen LogP) is 2.45. The first kappa shape index (κ1) is 17.9. The van der Waals surface area contributed by atoms with E-state index in [0.717, 1.165) is 29.5 Å². The van der Waals surface area contributed by atoms with E-state index in [1.54, 1.807) is 0 Å². The minimum Gasteiger partial charge on any atom is -0.466 e. The van der Waals surface area contributed by atoms with Crippen LogP contribution >= 0.6 is 0 Å². The van der Waals surface area contributed by atoms with E-state index in [-0.39, 0.29) is 5.91 Å². The van der Waals surface area contributed by atoms with Crippen molar-refractivity contribution in [2.45, 2.75) is 46.6 Å². The van der Waals surface area contributed by atoms with Gasteiger partial charge < -0.3 is 14.2 Å². The summed E-state index contributed by atoms with van der Waals surface area (Å²) in [6, 6.07) is 5.74. The lowest BCUT2D eigenvalue weighted by molar-refractivity contribution is -0.121. The quantitative estimate of drug-likeness (QED) is 0.665. The molecule has 26 heavy (non-hydrogen) atoms. The van der Waals surface area contributed by atoms with E-state index in [0.29, 0.717) is 37.6 Å². The summed E-state index contributed by atoms with van der Waals surface area (Å²) in [6.07, 6.45) is 1.37. The van der Waals surface area contributed by atoms with E-state index in [2.05, 4.69) is 20.6 Å². The van der Waals surface area contributed by atoms with Crippen LogP contribution in [0.4, 0.5) is 0 Å². The third-order valence-corrected chi connectivity index (χ3v) is 3.94. The van der Waals surface area contributed by atoms with Gasteiger partial charge in [-0.2, -0.15) is 5.10 Å². The van der Waals surface area contributed by atoms with Gasteiger partial charge >= 0.3 is 0 Å². The molecule has 0 radical (unpaired) electrons. The Bertz CT molecular complexity index is 877. The third kappa shape index (κ3) is 4.38. The zero-order valence-corrected chi connectivity index (χ0v) is 15.3. The molecule has 0 spiro atoms. The molecule has 3 aromatic heterocycles. The van der Waals surface area contributed by atoms with E-state index >= 15 is 0 Å². The summed E-state index contributed by atoms with van der Waals surface area (Å²) in [5.74, 6) is 2.56. The highest BCUT2D eigenvalue weighted by Crippen LogP contribution is 2.19. The molecule has 138 valence electrons. The summed E-state index contributed by atoms with van der Waals surface area (Å²) in [6.45, 7) is 7.08. The topological polar surface area (TPSA) is 99.0 Å². The van der Waals surface area contributed by atoms with Crippen LogP contribution in [-0.4, -0.2) is 32.4 Å². The molecule has 0 saturated carbocycles. The van der Waals surface area contributed by atoms with Crippen molar-refractivity contribution in [3.05, 3.63) is 41.3 Å². The van der Waals surface area contributed by atoms with Crippen molar-refractivity contribution in [1.82, 2.24) is 25.3 Å². The molecule has 0 aliphatic heterocycles. The van der Waals surface area contributed by atoms with Gasteiger partial charge in [0.15, 0.2) is 0 Å². The van der Waals surface area contributed by atoms with Gasteiger partial charge in [0.05, 0.1) is 5.69 Å². The Morgan fingerprint density at radius 1 is 1.19 bits per heavy atom. The standard InChI is InChI=1S/C18H23N5O3/c1-4-23-15(11-12(2)22-23)18-21-20-17(26-18)8-7-16(24)19-10-9-14-6-5-13(3)25-14/h5-6,11H,4,7-10H2,1-3H3,(H,19,24). The summed E-state index contributed by atoms with van der Waals surface area (Å²) in [5, 5.41) is 15.3. The molecular formula is C18H23N5O3. The Kier molecular flexibility index (Phi) is 5.50. The zero-order valence-electron chi connectivity index (χ0n) is 15.3. The average molecular weight is 357 g/mol. The van der Waals surface area contributed by atoms with Crippen LogP contribution in [0, 0.1) is 13.8 Å². The number of amides is 1. The maximum atomic E-state index is 11.9. The first-order valence-electron chi connectivity index (χ1n) is 8.74. The van der Waals surface area contributed by atoms with Gasteiger partial charge in [-0.05, 0) is 39.0 Å². The van der Waals surface area contributed by atoms with Crippen molar-refractivity contribution >= 4 is 5.91 Å². The van der Waals surface area contributed by atoms with Crippen molar-refractivity contribution in [3.8, 4) is 11.6 Å². The predicted molar refractivity (Wildman–Crippen MR) is 94.4 cm³/mol. The molecule has 3 aromatic rings. The van der Waals surface area contributed by atoms with Crippen LogP contribution in [0.15, 0.2) is 27.0 Å². The number of furan rings is 1. The van der Waals surface area contributed by atoms with Gasteiger partial charge in [-0.1, -0.05) is 0 Å². The molecule has 8 heteroatoms. The molecule has 3 heterocycles.